The largest absolute Gasteiger partial charge is 0.350 e. The van der Waals surface area contributed by atoms with Crippen molar-refractivity contribution in [1.29, 1.82) is 0 Å². The first-order valence-corrected chi connectivity index (χ1v) is 6.43. The first-order valence-electron chi connectivity index (χ1n) is 6.43. The average Bonchev–Trinajstić information content (AvgIpc) is 2.69. The summed E-state index contributed by atoms with van der Waals surface area (Å²) >= 11 is 0. The molecule has 0 bridgehead atoms. The minimum atomic E-state index is -0.584. The van der Waals surface area contributed by atoms with E-state index in [9.17, 15) is 19.2 Å². The number of imide groups is 1. The monoisotopic (exact) mass is 292 g/mol. The zero-order valence-corrected chi connectivity index (χ0v) is 11.8. The number of nitrogens with one attached hydrogen (secondary N) is 3. The maximum Gasteiger partial charge on any atom is 0.325 e. The zero-order chi connectivity index (χ0) is 15.6. The van der Waals surface area contributed by atoms with Crippen LogP contribution >= 0.6 is 0 Å². The maximum absolute atomic E-state index is 11.8. The lowest BCUT2D eigenvalue weighted by Gasteiger charge is -2.12. The molecule has 0 saturated carbocycles. The lowest BCUT2D eigenvalue weighted by Crippen LogP contribution is -2.41. The molecule has 0 spiro atoms. The smallest absolute Gasteiger partial charge is 0.325 e. The van der Waals surface area contributed by atoms with Gasteiger partial charge in [0.25, 0.3) is 11.5 Å². The Morgan fingerprint density at radius 1 is 1.33 bits per heavy atom. The van der Waals surface area contributed by atoms with Gasteiger partial charge in [0.2, 0.25) is 5.91 Å². The van der Waals surface area contributed by atoms with Gasteiger partial charge in [0, 0.05) is 17.8 Å². The quantitative estimate of drug-likeness (QED) is 0.628. The van der Waals surface area contributed by atoms with Gasteiger partial charge >= 0.3 is 6.03 Å². The fourth-order valence-corrected chi connectivity index (χ4v) is 2.10. The highest BCUT2D eigenvalue weighted by Gasteiger charge is 2.30. The van der Waals surface area contributed by atoms with Crippen molar-refractivity contribution in [3.05, 3.63) is 33.2 Å². The third kappa shape index (κ3) is 3.28. The van der Waals surface area contributed by atoms with Crippen molar-refractivity contribution in [2.75, 3.05) is 13.1 Å². The molecule has 112 valence electrons. The Labute approximate surface area is 120 Å². The molecule has 0 radical (unpaired) electrons. The van der Waals surface area contributed by atoms with E-state index < -0.39 is 17.8 Å². The van der Waals surface area contributed by atoms with Crippen molar-refractivity contribution >= 4 is 17.8 Å². The number of pyridine rings is 1. The first-order chi connectivity index (χ1) is 9.88. The van der Waals surface area contributed by atoms with E-state index >= 15 is 0 Å². The van der Waals surface area contributed by atoms with Gasteiger partial charge in [-0.2, -0.15) is 0 Å². The van der Waals surface area contributed by atoms with Gasteiger partial charge in [0.05, 0.1) is 6.54 Å². The molecule has 8 nitrogen and oxygen atoms in total. The van der Waals surface area contributed by atoms with Gasteiger partial charge in [-0.1, -0.05) is 0 Å². The fourth-order valence-electron chi connectivity index (χ4n) is 2.10. The van der Waals surface area contributed by atoms with E-state index in [2.05, 4.69) is 15.6 Å². The number of nitrogens with zero attached hydrogens (tertiary/aromatic N) is 1. The second-order valence-electron chi connectivity index (χ2n) is 4.86. The molecule has 8 heteroatoms. The van der Waals surface area contributed by atoms with Crippen molar-refractivity contribution in [2.45, 2.75) is 20.4 Å². The van der Waals surface area contributed by atoms with E-state index in [1.807, 2.05) is 0 Å². The SMILES string of the molecule is Cc1cc(C)c(CNC(=O)CN2C(=O)CNC2=O)c(=O)[nH]1. The molecular formula is C13H16N4O4. The molecule has 3 N–H and O–H groups in total. The Balaban J connectivity index is 1.97. The van der Waals surface area contributed by atoms with Gasteiger partial charge in [-0.3, -0.25) is 19.3 Å². The molecule has 1 saturated heterocycles. The molecular weight excluding hydrogens is 276 g/mol. The lowest BCUT2D eigenvalue weighted by atomic mass is 10.1. The van der Waals surface area contributed by atoms with Gasteiger partial charge in [0.15, 0.2) is 0 Å². The number of amides is 4. The number of rotatable bonds is 4. The van der Waals surface area contributed by atoms with Crippen molar-refractivity contribution < 1.29 is 14.4 Å². The minimum Gasteiger partial charge on any atom is -0.350 e. The average molecular weight is 292 g/mol. The summed E-state index contributed by atoms with van der Waals surface area (Å²) in [6.45, 7) is 3.15. The Morgan fingerprint density at radius 3 is 2.62 bits per heavy atom. The molecule has 0 atom stereocenters. The third-order valence-corrected chi connectivity index (χ3v) is 3.19. The summed E-state index contributed by atoms with van der Waals surface area (Å²) in [5.41, 5.74) is 1.70. The van der Waals surface area contributed by atoms with Crippen molar-refractivity contribution in [1.82, 2.24) is 20.5 Å². The zero-order valence-electron chi connectivity index (χ0n) is 11.8. The highest BCUT2D eigenvalue weighted by atomic mass is 16.2. The van der Waals surface area contributed by atoms with Gasteiger partial charge in [-0.25, -0.2) is 4.79 Å². The van der Waals surface area contributed by atoms with Crippen LogP contribution in [0.2, 0.25) is 0 Å². The minimum absolute atomic E-state index is 0.0456. The van der Waals surface area contributed by atoms with Crippen LogP contribution in [0.1, 0.15) is 16.8 Å². The van der Waals surface area contributed by atoms with Crippen LogP contribution in [0, 0.1) is 13.8 Å². The number of urea groups is 1. The summed E-state index contributed by atoms with van der Waals surface area (Å²) in [5, 5.41) is 4.86. The number of aromatic nitrogens is 1. The Bertz CT molecular complexity index is 649. The van der Waals surface area contributed by atoms with Crippen LogP contribution in [0.25, 0.3) is 0 Å². The van der Waals surface area contributed by atoms with Crippen LogP contribution in [-0.2, 0) is 16.1 Å². The second-order valence-corrected chi connectivity index (χ2v) is 4.86. The second kappa shape index (κ2) is 5.78. The van der Waals surface area contributed by atoms with E-state index in [0.29, 0.717) is 5.56 Å². The van der Waals surface area contributed by atoms with Crippen LogP contribution in [0.4, 0.5) is 4.79 Å². The van der Waals surface area contributed by atoms with E-state index in [0.717, 1.165) is 16.2 Å². The Hall–Kier alpha value is -2.64. The summed E-state index contributed by atoms with van der Waals surface area (Å²) in [7, 11) is 0. The summed E-state index contributed by atoms with van der Waals surface area (Å²) in [5.74, 6) is -0.945. The number of aryl methyl sites for hydroxylation is 2. The number of carbonyl (C=O) groups excluding carboxylic acids is 3. The van der Waals surface area contributed by atoms with E-state index in [1.165, 1.54) is 0 Å². The van der Waals surface area contributed by atoms with Crippen LogP contribution in [0.5, 0.6) is 0 Å². The van der Waals surface area contributed by atoms with Gasteiger partial charge in [0.1, 0.15) is 6.54 Å². The maximum atomic E-state index is 11.8. The van der Waals surface area contributed by atoms with Crippen LogP contribution in [-0.4, -0.2) is 40.8 Å². The van der Waals surface area contributed by atoms with Crippen LogP contribution in [0.15, 0.2) is 10.9 Å². The topological polar surface area (TPSA) is 111 Å². The molecule has 1 aliphatic heterocycles. The molecule has 21 heavy (non-hydrogen) atoms. The number of hydrogen-bond acceptors (Lipinski definition) is 4. The lowest BCUT2D eigenvalue weighted by molar-refractivity contribution is -0.130. The Kier molecular flexibility index (Phi) is 4.06. The molecule has 0 aromatic carbocycles. The summed E-state index contributed by atoms with van der Waals surface area (Å²) in [4.78, 5) is 49.7. The number of hydrogen-bond donors (Lipinski definition) is 3. The van der Waals surface area contributed by atoms with Crippen molar-refractivity contribution in [3.8, 4) is 0 Å². The van der Waals surface area contributed by atoms with E-state index in [1.54, 1.807) is 19.9 Å². The highest BCUT2D eigenvalue weighted by molar-refractivity contribution is 6.04. The van der Waals surface area contributed by atoms with Gasteiger partial charge < -0.3 is 15.6 Å². The summed E-state index contributed by atoms with van der Waals surface area (Å²) in [6.07, 6.45) is 0. The van der Waals surface area contributed by atoms with Crippen molar-refractivity contribution in [3.63, 3.8) is 0 Å². The molecule has 4 amide bonds. The van der Waals surface area contributed by atoms with E-state index in [4.69, 9.17) is 0 Å². The number of aromatic amines is 1. The molecule has 1 fully saturated rings. The van der Waals surface area contributed by atoms with E-state index in [-0.39, 0.29) is 25.2 Å². The van der Waals surface area contributed by atoms with Gasteiger partial charge in [-0.15, -0.1) is 0 Å². The predicted molar refractivity (Wildman–Crippen MR) is 73.5 cm³/mol. The van der Waals surface area contributed by atoms with Crippen molar-refractivity contribution in [2.24, 2.45) is 0 Å². The van der Waals surface area contributed by atoms with Crippen LogP contribution in [0.3, 0.4) is 0 Å². The van der Waals surface area contributed by atoms with Gasteiger partial charge in [-0.05, 0) is 25.5 Å². The summed E-state index contributed by atoms with van der Waals surface area (Å²) < 4.78 is 0. The molecule has 1 aliphatic rings. The molecule has 2 rings (SSSR count). The third-order valence-electron chi connectivity index (χ3n) is 3.19. The normalized spacial score (nSPS) is 14.3. The molecule has 0 unspecified atom stereocenters. The number of carbonyl (C=O) groups is 3. The Morgan fingerprint density at radius 2 is 2.05 bits per heavy atom. The molecule has 2 heterocycles. The molecule has 0 aliphatic carbocycles. The fraction of sp³-hybridized carbons (Fsp3) is 0.385. The first kappa shape index (κ1) is 14.8. The predicted octanol–water partition coefficient (Wildman–Crippen LogP) is -0.840. The standard InChI is InChI=1S/C13H16N4O4/c1-7-3-8(2)16-12(20)9(7)4-14-10(18)6-17-11(19)5-15-13(17)21/h3H,4-6H2,1-2H3,(H,14,18)(H,15,21)(H,16,20). The molecule has 1 aromatic heterocycles. The highest BCUT2D eigenvalue weighted by Crippen LogP contribution is 2.03. The summed E-state index contributed by atoms with van der Waals surface area (Å²) in [6, 6.07) is 1.22. The molecule has 1 aromatic rings. The van der Waals surface area contributed by atoms with Crippen LogP contribution < -0.4 is 16.2 Å². The number of H-pyrrole nitrogens is 1.